The van der Waals surface area contributed by atoms with Crippen molar-refractivity contribution >= 4 is 5.91 Å². The van der Waals surface area contributed by atoms with Gasteiger partial charge in [-0.15, -0.1) is 0 Å². The lowest BCUT2D eigenvalue weighted by molar-refractivity contribution is -0.117. The normalized spacial score (nSPS) is 25.4. The lowest BCUT2D eigenvalue weighted by Crippen LogP contribution is -2.31. The first-order valence-corrected chi connectivity index (χ1v) is 9.11. The number of H-pyrrole nitrogens is 1. The first-order chi connectivity index (χ1) is 12.2. The van der Waals surface area contributed by atoms with Crippen molar-refractivity contribution < 1.29 is 4.79 Å². The average Bonchev–Trinajstić information content (AvgIpc) is 3.34. The molecular weight excluding hydrogens is 310 g/mol. The minimum atomic E-state index is 0.0610. The maximum atomic E-state index is 12.5. The third-order valence-electron chi connectivity index (χ3n) is 5.39. The van der Waals surface area contributed by atoms with Crippen LogP contribution < -0.4 is 5.32 Å². The zero-order chi connectivity index (χ0) is 17.2. The molecule has 0 radical (unpaired) electrons. The SMILES string of the molecule is CC1=CC=CC2C=C(C(=O)NCC3CCN(Cc4ccc[nH]4)C3)C=C12. The summed E-state index contributed by atoms with van der Waals surface area (Å²) in [7, 11) is 0. The Morgan fingerprint density at radius 2 is 2.36 bits per heavy atom. The fourth-order valence-electron chi connectivity index (χ4n) is 3.96. The lowest BCUT2D eigenvalue weighted by Gasteiger charge is -2.15. The maximum absolute atomic E-state index is 12.5. The highest BCUT2D eigenvalue weighted by Crippen LogP contribution is 2.33. The molecule has 2 unspecified atom stereocenters. The Kier molecular flexibility index (Phi) is 4.45. The van der Waals surface area contributed by atoms with Crippen LogP contribution in [0.3, 0.4) is 0 Å². The average molecular weight is 335 g/mol. The van der Waals surface area contributed by atoms with E-state index in [1.54, 1.807) is 0 Å². The molecule has 0 bridgehead atoms. The Balaban J connectivity index is 1.27. The van der Waals surface area contributed by atoms with Crippen LogP contribution in [0.5, 0.6) is 0 Å². The summed E-state index contributed by atoms with van der Waals surface area (Å²) < 4.78 is 0. The predicted octanol–water partition coefficient (Wildman–Crippen LogP) is 2.95. The van der Waals surface area contributed by atoms with E-state index in [0.29, 0.717) is 5.92 Å². The van der Waals surface area contributed by atoms with Crippen molar-refractivity contribution in [1.29, 1.82) is 0 Å². The van der Waals surface area contributed by atoms with Gasteiger partial charge in [0.2, 0.25) is 0 Å². The Morgan fingerprint density at radius 3 is 3.16 bits per heavy atom. The van der Waals surface area contributed by atoms with Crippen LogP contribution >= 0.6 is 0 Å². The number of carbonyl (C=O) groups is 1. The van der Waals surface area contributed by atoms with E-state index in [2.05, 4.69) is 52.5 Å². The van der Waals surface area contributed by atoms with Gasteiger partial charge in [-0.2, -0.15) is 0 Å². The summed E-state index contributed by atoms with van der Waals surface area (Å²) in [6.07, 6.45) is 13.6. The van der Waals surface area contributed by atoms with Crippen LogP contribution in [0.2, 0.25) is 0 Å². The molecule has 0 aromatic carbocycles. The number of rotatable bonds is 5. The molecule has 1 saturated heterocycles. The van der Waals surface area contributed by atoms with E-state index >= 15 is 0 Å². The molecule has 4 rings (SSSR count). The fraction of sp³-hybridized carbons (Fsp3) is 0.381. The first-order valence-electron chi connectivity index (χ1n) is 9.11. The van der Waals surface area contributed by atoms with Crippen molar-refractivity contribution in [2.45, 2.75) is 19.9 Å². The van der Waals surface area contributed by atoms with E-state index in [9.17, 15) is 4.79 Å². The number of hydrogen-bond donors (Lipinski definition) is 2. The van der Waals surface area contributed by atoms with Gasteiger partial charge in [0, 0.05) is 43.0 Å². The number of hydrogen-bond acceptors (Lipinski definition) is 2. The van der Waals surface area contributed by atoms with Crippen molar-refractivity contribution in [1.82, 2.24) is 15.2 Å². The van der Waals surface area contributed by atoms with Crippen LogP contribution in [-0.4, -0.2) is 35.4 Å². The number of fused-ring (bicyclic) bond motifs is 1. The van der Waals surface area contributed by atoms with Gasteiger partial charge < -0.3 is 10.3 Å². The van der Waals surface area contributed by atoms with Gasteiger partial charge in [-0.05, 0) is 55.2 Å². The number of likely N-dealkylation sites (tertiary alicyclic amines) is 1. The molecule has 1 amide bonds. The Bertz CT molecular complexity index is 767. The van der Waals surface area contributed by atoms with Crippen molar-refractivity contribution in [3.8, 4) is 0 Å². The lowest BCUT2D eigenvalue weighted by atomic mass is 9.92. The van der Waals surface area contributed by atoms with E-state index in [4.69, 9.17) is 0 Å². The number of nitrogens with one attached hydrogen (secondary N) is 2. The van der Waals surface area contributed by atoms with E-state index in [-0.39, 0.29) is 11.8 Å². The first kappa shape index (κ1) is 16.2. The molecular formula is C21H25N3O. The molecule has 3 aliphatic rings. The second kappa shape index (κ2) is 6.89. The second-order valence-corrected chi connectivity index (χ2v) is 7.28. The summed E-state index contributed by atoms with van der Waals surface area (Å²) in [6, 6.07) is 4.16. The second-order valence-electron chi connectivity index (χ2n) is 7.28. The van der Waals surface area contributed by atoms with Gasteiger partial charge in [-0.3, -0.25) is 9.69 Å². The molecule has 1 aromatic rings. The summed E-state index contributed by atoms with van der Waals surface area (Å²) in [5, 5.41) is 3.14. The number of allylic oxidation sites excluding steroid dienone is 6. The zero-order valence-corrected chi connectivity index (χ0v) is 14.7. The molecule has 2 aliphatic carbocycles. The number of aromatic amines is 1. The highest BCUT2D eigenvalue weighted by Gasteiger charge is 2.26. The van der Waals surface area contributed by atoms with Gasteiger partial charge in [-0.25, -0.2) is 0 Å². The molecule has 4 heteroatoms. The molecule has 2 N–H and O–H groups in total. The number of amides is 1. The third-order valence-corrected chi connectivity index (χ3v) is 5.39. The number of aromatic nitrogens is 1. The predicted molar refractivity (Wildman–Crippen MR) is 99.7 cm³/mol. The topological polar surface area (TPSA) is 48.1 Å². The van der Waals surface area contributed by atoms with Crippen molar-refractivity contribution in [2.24, 2.45) is 11.8 Å². The highest BCUT2D eigenvalue weighted by atomic mass is 16.1. The molecule has 2 atom stereocenters. The molecule has 2 heterocycles. The molecule has 130 valence electrons. The summed E-state index contributed by atoms with van der Waals surface area (Å²) in [6.45, 7) is 5.98. The summed E-state index contributed by atoms with van der Waals surface area (Å²) in [5.74, 6) is 0.872. The number of carbonyl (C=O) groups excluding carboxylic acids is 1. The molecule has 0 spiro atoms. The molecule has 1 aliphatic heterocycles. The van der Waals surface area contributed by atoms with Crippen LogP contribution in [0.25, 0.3) is 0 Å². The largest absolute Gasteiger partial charge is 0.364 e. The van der Waals surface area contributed by atoms with Gasteiger partial charge in [0.25, 0.3) is 5.91 Å². The van der Waals surface area contributed by atoms with Crippen LogP contribution in [0, 0.1) is 11.8 Å². The molecule has 1 aromatic heterocycles. The molecule has 25 heavy (non-hydrogen) atoms. The van der Waals surface area contributed by atoms with E-state index in [1.165, 1.54) is 16.8 Å². The smallest absolute Gasteiger partial charge is 0.251 e. The highest BCUT2D eigenvalue weighted by molar-refractivity contribution is 5.97. The van der Waals surface area contributed by atoms with Crippen LogP contribution in [0.1, 0.15) is 19.0 Å². The van der Waals surface area contributed by atoms with E-state index in [0.717, 1.165) is 38.2 Å². The zero-order valence-electron chi connectivity index (χ0n) is 14.7. The van der Waals surface area contributed by atoms with Crippen LogP contribution in [0.4, 0.5) is 0 Å². The molecule has 1 fully saturated rings. The summed E-state index contributed by atoms with van der Waals surface area (Å²) in [4.78, 5) is 18.2. The minimum absolute atomic E-state index is 0.0610. The molecule has 0 saturated carbocycles. The third kappa shape index (κ3) is 3.54. The Labute approximate surface area is 149 Å². The summed E-state index contributed by atoms with van der Waals surface area (Å²) in [5.41, 5.74) is 4.57. The van der Waals surface area contributed by atoms with Gasteiger partial charge in [0.1, 0.15) is 0 Å². The Hall–Kier alpha value is -2.33. The van der Waals surface area contributed by atoms with Gasteiger partial charge in [0.05, 0.1) is 0 Å². The summed E-state index contributed by atoms with van der Waals surface area (Å²) >= 11 is 0. The van der Waals surface area contributed by atoms with Crippen LogP contribution in [-0.2, 0) is 11.3 Å². The fourth-order valence-corrected chi connectivity index (χ4v) is 3.96. The number of nitrogens with zero attached hydrogens (tertiary/aromatic N) is 1. The van der Waals surface area contributed by atoms with Gasteiger partial charge in [0.15, 0.2) is 0 Å². The minimum Gasteiger partial charge on any atom is -0.364 e. The van der Waals surface area contributed by atoms with Crippen LogP contribution in [0.15, 0.2) is 65.4 Å². The maximum Gasteiger partial charge on any atom is 0.251 e. The monoisotopic (exact) mass is 335 g/mol. The van der Waals surface area contributed by atoms with Crippen molar-refractivity contribution in [3.63, 3.8) is 0 Å². The molecule has 4 nitrogen and oxygen atoms in total. The van der Waals surface area contributed by atoms with Crippen molar-refractivity contribution in [2.75, 3.05) is 19.6 Å². The van der Waals surface area contributed by atoms with Crippen molar-refractivity contribution in [3.05, 3.63) is 71.1 Å². The Morgan fingerprint density at radius 1 is 1.44 bits per heavy atom. The van der Waals surface area contributed by atoms with E-state index < -0.39 is 0 Å². The quantitative estimate of drug-likeness (QED) is 0.869. The van der Waals surface area contributed by atoms with Gasteiger partial charge >= 0.3 is 0 Å². The van der Waals surface area contributed by atoms with E-state index in [1.807, 2.05) is 18.3 Å². The standard InChI is InChI=1S/C21H25N3O/c1-15-4-2-5-17-10-18(11-20(15)17)21(25)23-12-16-7-9-24(13-16)14-19-6-3-8-22-19/h2-6,8,10-11,16-17,22H,7,9,12-14H2,1H3,(H,23,25). The van der Waals surface area contributed by atoms with Gasteiger partial charge in [-0.1, -0.05) is 24.3 Å².